The molecule has 0 amide bonds. The average Bonchev–Trinajstić information content (AvgIpc) is 2.62. The van der Waals surface area contributed by atoms with E-state index in [1.165, 1.54) is 0 Å². The van der Waals surface area contributed by atoms with Gasteiger partial charge in [-0.3, -0.25) is 0 Å². The number of rotatable bonds is 3. The molecule has 3 heteroatoms. The molecule has 0 spiro atoms. The molecule has 0 aliphatic carbocycles. The summed E-state index contributed by atoms with van der Waals surface area (Å²) in [4.78, 5) is 11.3. The molecule has 0 aliphatic rings. The molecule has 3 nitrogen and oxygen atoms in total. The van der Waals surface area contributed by atoms with E-state index in [1.807, 2.05) is 20.8 Å². The van der Waals surface area contributed by atoms with Gasteiger partial charge in [0.15, 0.2) is 0 Å². The van der Waals surface area contributed by atoms with Crippen LogP contribution in [0.2, 0.25) is 0 Å². The molecule has 2 aromatic rings. The number of aromatic nitrogens is 1. The third kappa shape index (κ3) is 1.82. The smallest absolute Gasteiger partial charge is 0.337 e. The second-order valence-corrected chi connectivity index (χ2v) is 4.27. The number of benzene rings is 1. The number of carboxylic acids is 1. The van der Waals surface area contributed by atoms with Crippen molar-refractivity contribution in [3.63, 3.8) is 0 Å². The molecule has 17 heavy (non-hydrogen) atoms. The first-order chi connectivity index (χ1) is 8.08. The number of fused-ring (bicyclic) bond motifs is 1. The van der Waals surface area contributed by atoms with Gasteiger partial charge in [-0.25, -0.2) is 4.79 Å². The topological polar surface area (TPSA) is 42.2 Å². The number of carboxylic acid groups (broad SMARTS) is 1. The van der Waals surface area contributed by atoms with E-state index in [9.17, 15) is 9.90 Å². The van der Waals surface area contributed by atoms with E-state index in [0.29, 0.717) is 5.56 Å². The maximum Gasteiger partial charge on any atom is 0.337 e. The number of nitrogens with zero attached hydrogens (tertiary/aromatic N) is 1. The number of aryl methyl sites for hydroxylation is 3. The molecule has 1 aromatic carbocycles. The zero-order valence-electron chi connectivity index (χ0n) is 10.4. The SMILES string of the molecule is CCc1cc(C(=O)O)c2c(c1)cc(C)n2CC. The summed E-state index contributed by atoms with van der Waals surface area (Å²) < 4.78 is 2.05. The van der Waals surface area contributed by atoms with Gasteiger partial charge in [-0.05, 0) is 44.0 Å². The lowest BCUT2D eigenvalue weighted by Crippen LogP contribution is -2.04. The minimum absolute atomic E-state index is 0.411. The predicted octanol–water partition coefficient (Wildman–Crippen LogP) is 3.23. The van der Waals surface area contributed by atoms with Gasteiger partial charge in [0.2, 0.25) is 0 Å². The Morgan fingerprint density at radius 2 is 2.00 bits per heavy atom. The Balaban J connectivity index is 2.86. The minimum Gasteiger partial charge on any atom is -0.478 e. The van der Waals surface area contributed by atoms with Crippen molar-refractivity contribution in [3.05, 3.63) is 35.0 Å². The monoisotopic (exact) mass is 231 g/mol. The van der Waals surface area contributed by atoms with Crippen molar-refractivity contribution < 1.29 is 9.90 Å². The molecule has 0 bridgehead atoms. The predicted molar refractivity (Wildman–Crippen MR) is 68.7 cm³/mol. The van der Waals surface area contributed by atoms with Crippen LogP contribution in [0.25, 0.3) is 10.9 Å². The fourth-order valence-corrected chi connectivity index (χ4v) is 2.38. The lowest BCUT2D eigenvalue weighted by molar-refractivity contribution is 0.0698. The molecule has 0 aliphatic heterocycles. The van der Waals surface area contributed by atoms with Gasteiger partial charge in [-0.1, -0.05) is 6.92 Å². The molecule has 0 saturated heterocycles. The van der Waals surface area contributed by atoms with E-state index in [2.05, 4.69) is 16.7 Å². The highest BCUT2D eigenvalue weighted by molar-refractivity contribution is 6.03. The maximum absolute atomic E-state index is 11.3. The van der Waals surface area contributed by atoms with E-state index in [0.717, 1.165) is 35.1 Å². The van der Waals surface area contributed by atoms with Crippen LogP contribution < -0.4 is 0 Å². The molecule has 0 atom stereocenters. The van der Waals surface area contributed by atoms with Crippen LogP contribution in [-0.2, 0) is 13.0 Å². The van der Waals surface area contributed by atoms with Gasteiger partial charge in [-0.2, -0.15) is 0 Å². The zero-order chi connectivity index (χ0) is 12.6. The van der Waals surface area contributed by atoms with Gasteiger partial charge in [-0.15, -0.1) is 0 Å². The Kier molecular flexibility index (Phi) is 2.92. The molecule has 2 rings (SSSR count). The Bertz CT molecular complexity index is 581. The van der Waals surface area contributed by atoms with Crippen molar-refractivity contribution in [1.82, 2.24) is 4.57 Å². The van der Waals surface area contributed by atoms with E-state index in [1.54, 1.807) is 6.07 Å². The summed E-state index contributed by atoms with van der Waals surface area (Å²) in [7, 11) is 0. The van der Waals surface area contributed by atoms with Gasteiger partial charge in [0.25, 0.3) is 0 Å². The molecule has 0 unspecified atom stereocenters. The summed E-state index contributed by atoms with van der Waals surface area (Å²) in [6.45, 7) is 6.88. The first kappa shape index (κ1) is 11.7. The van der Waals surface area contributed by atoms with Crippen LogP contribution in [0.4, 0.5) is 0 Å². The van der Waals surface area contributed by atoms with Crippen LogP contribution in [0, 0.1) is 6.92 Å². The molecule has 0 radical (unpaired) electrons. The van der Waals surface area contributed by atoms with Crippen molar-refractivity contribution in [2.45, 2.75) is 33.7 Å². The van der Waals surface area contributed by atoms with Crippen LogP contribution in [0.5, 0.6) is 0 Å². The lowest BCUT2D eigenvalue weighted by Gasteiger charge is -2.08. The Labute approximate surface area is 101 Å². The van der Waals surface area contributed by atoms with Crippen LogP contribution in [0.15, 0.2) is 18.2 Å². The van der Waals surface area contributed by atoms with Gasteiger partial charge in [0.1, 0.15) is 0 Å². The standard InChI is InChI=1S/C14H17NO2/c1-4-10-7-11-6-9(3)15(5-2)13(11)12(8-10)14(16)17/h6-8H,4-5H2,1-3H3,(H,16,17). The number of carbonyl (C=O) groups is 1. The number of aromatic carboxylic acids is 1. The van der Waals surface area contributed by atoms with Crippen molar-refractivity contribution in [2.24, 2.45) is 0 Å². The zero-order valence-corrected chi connectivity index (χ0v) is 10.4. The largest absolute Gasteiger partial charge is 0.478 e. The van der Waals surface area contributed by atoms with Crippen molar-refractivity contribution in [3.8, 4) is 0 Å². The highest BCUT2D eigenvalue weighted by Gasteiger charge is 2.15. The normalized spacial score (nSPS) is 11.0. The molecule has 90 valence electrons. The molecular formula is C14H17NO2. The van der Waals surface area contributed by atoms with Gasteiger partial charge < -0.3 is 9.67 Å². The highest BCUT2D eigenvalue weighted by atomic mass is 16.4. The van der Waals surface area contributed by atoms with E-state index in [4.69, 9.17) is 0 Å². The second-order valence-electron chi connectivity index (χ2n) is 4.27. The number of hydrogen-bond acceptors (Lipinski definition) is 1. The summed E-state index contributed by atoms with van der Waals surface area (Å²) >= 11 is 0. The van der Waals surface area contributed by atoms with Crippen LogP contribution in [0.3, 0.4) is 0 Å². The van der Waals surface area contributed by atoms with Gasteiger partial charge in [0.05, 0.1) is 11.1 Å². The Morgan fingerprint density at radius 3 is 2.53 bits per heavy atom. The van der Waals surface area contributed by atoms with E-state index >= 15 is 0 Å². The lowest BCUT2D eigenvalue weighted by atomic mass is 10.0. The Hall–Kier alpha value is -1.77. The average molecular weight is 231 g/mol. The van der Waals surface area contributed by atoms with E-state index in [-0.39, 0.29) is 0 Å². The third-order valence-corrected chi connectivity index (χ3v) is 3.21. The maximum atomic E-state index is 11.3. The summed E-state index contributed by atoms with van der Waals surface area (Å²) in [5, 5.41) is 10.3. The summed E-state index contributed by atoms with van der Waals surface area (Å²) in [5.41, 5.74) is 3.44. The second kappa shape index (κ2) is 4.24. The summed E-state index contributed by atoms with van der Waals surface area (Å²) in [6.07, 6.45) is 0.854. The van der Waals surface area contributed by atoms with Crippen LogP contribution >= 0.6 is 0 Å². The Morgan fingerprint density at radius 1 is 1.29 bits per heavy atom. The first-order valence-corrected chi connectivity index (χ1v) is 5.94. The molecule has 0 fully saturated rings. The molecule has 1 heterocycles. The summed E-state index contributed by atoms with van der Waals surface area (Å²) in [6, 6.07) is 5.93. The van der Waals surface area contributed by atoms with Crippen molar-refractivity contribution in [2.75, 3.05) is 0 Å². The van der Waals surface area contributed by atoms with Gasteiger partial charge >= 0.3 is 5.97 Å². The molecule has 0 saturated carbocycles. The van der Waals surface area contributed by atoms with Gasteiger partial charge in [0, 0.05) is 17.6 Å². The fraction of sp³-hybridized carbons (Fsp3) is 0.357. The first-order valence-electron chi connectivity index (χ1n) is 5.94. The molecule has 1 aromatic heterocycles. The van der Waals surface area contributed by atoms with Crippen LogP contribution in [-0.4, -0.2) is 15.6 Å². The molecule has 1 N–H and O–H groups in total. The van der Waals surface area contributed by atoms with E-state index < -0.39 is 5.97 Å². The van der Waals surface area contributed by atoms with Crippen LogP contribution in [0.1, 0.15) is 35.5 Å². The fourth-order valence-electron chi connectivity index (χ4n) is 2.38. The number of hydrogen-bond donors (Lipinski definition) is 1. The summed E-state index contributed by atoms with van der Waals surface area (Å²) in [5.74, 6) is -0.849. The highest BCUT2D eigenvalue weighted by Crippen LogP contribution is 2.25. The molecular weight excluding hydrogens is 214 g/mol. The van der Waals surface area contributed by atoms with Crippen molar-refractivity contribution in [1.29, 1.82) is 0 Å². The minimum atomic E-state index is -0.849. The third-order valence-electron chi connectivity index (χ3n) is 3.21. The quantitative estimate of drug-likeness (QED) is 0.881. The van der Waals surface area contributed by atoms with Crippen molar-refractivity contribution >= 4 is 16.9 Å².